The molecule has 1 amide bonds. The van der Waals surface area contributed by atoms with Gasteiger partial charge in [-0.15, -0.1) is 0 Å². The van der Waals surface area contributed by atoms with Gasteiger partial charge in [-0.05, 0) is 63.1 Å². The number of carbonyl (C=O) groups is 1. The fourth-order valence-corrected chi connectivity index (χ4v) is 4.67. The first-order valence-corrected chi connectivity index (χ1v) is 12.1. The van der Waals surface area contributed by atoms with E-state index in [1.807, 2.05) is 0 Å². The van der Waals surface area contributed by atoms with Crippen molar-refractivity contribution in [2.75, 3.05) is 18.1 Å². The van der Waals surface area contributed by atoms with Gasteiger partial charge in [-0.3, -0.25) is 4.79 Å². The lowest BCUT2D eigenvalue weighted by Crippen LogP contribution is -2.43. The molecule has 4 rings (SSSR count). The van der Waals surface area contributed by atoms with Gasteiger partial charge in [-0.25, -0.2) is 9.71 Å². The van der Waals surface area contributed by atoms with Crippen molar-refractivity contribution < 1.29 is 17.9 Å². The van der Waals surface area contributed by atoms with Crippen LogP contribution in [0.25, 0.3) is 0 Å². The molecule has 9 heteroatoms. The van der Waals surface area contributed by atoms with Crippen LogP contribution in [-0.4, -0.2) is 43.0 Å². The second-order valence-corrected chi connectivity index (χ2v) is 10.5. The molecule has 166 valence electrons. The molecule has 2 aliphatic rings. The average Bonchev–Trinajstić information content (AvgIpc) is 3.52. The van der Waals surface area contributed by atoms with Crippen molar-refractivity contribution in [2.24, 2.45) is 11.8 Å². The molecule has 31 heavy (non-hydrogen) atoms. The maximum Gasteiger partial charge on any atom is 0.281 e. The van der Waals surface area contributed by atoms with E-state index in [2.05, 4.69) is 40.4 Å². The third-order valence-electron chi connectivity index (χ3n) is 6.34. The zero-order valence-electron chi connectivity index (χ0n) is 18.0. The largest absolute Gasteiger partial charge is 0.477 e. The summed E-state index contributed by atoms with van der Waals surface area (Å²) in [5.41, 5.74) is 0.0196. The highest BCUT2D eigenvalue weighted by atomic mass is 32.2. The predicted octanol–water partition coefficient (Wildman–Crippen LogP) is 3.01. The van der Waals surface area contributed by atoms with Crippen LogP contribution in [-0.2, 0) is 10.0 Å². The van der Waals surface area contributed by atoms with Crippen molar-refractivity contribution in [1.82, 2.24) is 14.7 Å². The minimum atomic E-state index is -4.17. The lowest BCUT2D eigenvalue weighted by Gasteiger charge is -2.36. The molecule has 2 aromatic heterocycles. The lowest BCUT2D eigenvalue weighted by molar-refractivity contribution is 0.0981. The van der Waals surface area contributed by atoms with Crippen LogP contribution in [0.1, 0.15) is 50.4 Å². The van der Waals surface area contributed by atoms with E-state index in [1.54, 1.807) is 30.5 Å². The molecule has 0 radical (unpaired) electrons. The van der Waals surface area contributed by atoms with E-state index in [0.29, 0.717) is 24.3 Å². The monoisotopic (exact) mass is 444 g/mol. The number of hydrogen-bond donors (Lipinski definition) is 1. The van der Waals surface area contributed by atoms with Crippen molar-refractivity contribution in [3.8, 4) is 5.88 Å². The molecule has 1 unspecified atom stereocenters. The van der Waals surface area contributed by atoms with Crippen LogP contribution in [0.5, 0.6) is 5.88 Å². The molecule has 1 aliphatic carbocycles. The molecule has 1 saturated heterocycles. The summed E-state index contributed by atoms with van der Waals surface area (Å²) >= 11 is 0. The number of nitrogens with one attached hydrogen (secondary N) is 1. The van der Waals surface area contributed by atoms with Crippen molar-refractivity contribution >= 4 is 21.7 Å². The van der Waals surface area contributed by atoms with Crippen LogP contribution in [0.15, 0.2) is 41.6 Å². The van der Waals surface area contributed by atoms with Crippen molar-refractivity contribution in [2.45, 2.75) is 50.6 Å². The summed E-state index contributed by atoms with van der Waals surface area (Å²) in [4.78, 5) is 23.6. The number of amides is 1. The number of rotatable bonds is 7. The van der Waals surface area contributed by atoms with E-state index >= 15 is 0 Å². The summed E-state index contributed by atoms with van der Waals surface area (Å²) < 4.78 is 33.4. The number of ether oxygens (including phenoxy) is 1. The highest BCUT2D eigenvalue weighted by Gasteiger charge is 2.40. The quantitative estimate of drug-likeness (QED) is 0.700. The highest BCUT2D eigenvalue weighted by molar-refractivity contribution is 7.90. The normalized spacial score (nSPS) is 20.5. The Bertz CT molecular complexity index is 1080. The number of aromatic nitrogens is 2. The molecule has 0 bridgehead atoms. The summed E-state index contributed by atoms with van der Waals surface area (Å²) in [5.74, 6) is 0.917. The first kappa shape index (κ1) is 21.5. The number of carbonyl (C=O) groups excluding carboxylic acids is 1. The third-order valence-corrected chi connectivity index (χ3v) is 7.57. The molecule has 2 fully saturated rings. The SMILES string of the molecule is CC1CCN(c2ncccc2C(=O)NS(=O)(=O)c2cccc(OCC3CC3)n2)C1(C)C. The highest BCUT2D eigenvalue weighted by Crippen LogP contribution is 2.38. The maximum absolute atomic E-state index is 13.0. The van der Waals surface area contributed by atoms with Crippen molar-refractivity contribution in [3.63, 3.8) is 0 Å². The Labute approximate surface area is 183 Å². The summed E-state index contributed by atoms with van der Waals surface area (Å²) in [6.45, 7) is 7.65. The van der Waals surface area contributed by atoms with Gasteiger partial charge in [0.05, 0.1) is 12.2 Å². The minimum Gasteiger partial charge on any atom is -0.477 e. The fourth-order valence-electron chi connectivity index (χ4n) is 3.74. The Morgan fingerprint density at radius 1 is 1.23 bits per heavy atom. The van der Waals surface area contributed by atoms with Crippen molar-refractivity contribution in [1.29, 1.82) is 0 Å². The molecule has 1 aliphatic heterocycles. The van der Waals surface area contributed by atoms with Crippen LogP contribution in [0, 0.1) is 11.8 Å². The van der Waals surface area contributed by atoms with Gasteiger partial charge in [0.15, 0.2) is 5.03 Å². The van der Waals surface area contributed by atoms with Crippen LogP contribution < -0.4 is 14.4 Å². The van der Waals surface area contributed by atoms with Crippen LogP contribution in [0.2, 0.25) is 0 Å². The van der Waals surface area contributed by atoms with Gasteiger partial charge in [0.25, 0.3) is 15.9 Å². The van der Waals surface area contributed by atoms with Crippen LogP contribution in [0.3, 0.4) is 0 Å². The summed E-state index contributed by atoms with van der Waals surface area (Å²) in [5, 5.41) is -0.255. The fraction of sp³-hybridized carbons (Fsp3) is 0.500. The van der Waals surface area contributed by atoms with Gasteiger partial charge < -0.3 is 9.64 Å². The Kier molecular flexibility index (Phi) is 5.63. The zero-order chi connectivity index (χ0) is 22.2. The van der Waals surface area contributed by atoms with Gasteiger partial charge in [-0.1, -0.05) is 13.0 Å². The minimum absolute atomic E-state index is 0.197. The topological polar surface area (TPSA) is 101 Å². The Balaban J connectivity index is 1.55. The molecule has 3 heterocycles. The number of sulfonamides is 1. The first-order valence-electron chi connectivity index (χ1n) is 10.6. The molecule has 8 nitrogen and oxygen atoms in total. The average molecular weight is 445 g/mol. The predicted molar refractivity (Wildman–Crippen MR) is 117 cm³/mol. The summed E-state index contributed by atoms with van der Waals surface area (Å²) in [6, 6.07) is 7.73. The Hall–Kier alpha value is -2.68. The molecule has 2 aromatic rings. The summed E-state index contributed by atoms with van der Waals surface area (Å²) in [7, 11) is -4.17. The van der Waals surface area contributed by atoms with E-state index in [1.165, 1.54) is 6.07 Å². The van der Waals surface area contributed by atoms with E-state index in [9.17, 15) is 13.2 Å². The van der Waals surface area contributed by atoms with E-state index in [4.69, 9.17) is 4.74 Å². The Morgan fingerprint density at radius 2 is 2.00 bits per heavy atom. The smallest absolute Gasteiger partial charge is 0.281 e. The van der Waals surface area contributed by atoms with Gasteiger partial charge in [0.2, 0.25) is 5.88 Å². The molecular formula is C22H28N4O4S. The van der Waals surface area contributed by atoms with Gasteiger partial charge in [0, 0.05) is 24.3 Å². The Morgan fingerprint density at radius 3 is 2.68 bits per heavy atom. The molecular weight excluding hydrogens is 416 g/mol. The number of anilines is 1. The molecule has 1 atom stereocenters. The zero-order valence-corrected chi connectivity index (χ0v) is 18.9. The number of nitrogens with zero attached hydrogens (tertiary/aromatic N) is 3. The van der Waals surface area contributed by atoms with Gasteiger partial charge in [0.1, 0.15) is 5.82 Å². The number of hydrogen-bond acceptors (Lipinski definition) is 7. The van der Waals surface area contributed by atoms with Gasteiger partial charge >= 0.3 is 0 Å². The third kappa shape index (κ3) is 4.51. The lowest BCUT2D eigenvalue weighted by atomic mass is 9.90. The van der Waals surface area contributed by atoms with E-state index in [-0.39, 0.29) is 22.0 Å². The first-order chi connectivity index (χ1) is 14.7. The second kappa shape index (κ2) is 8.11. The molecule has 1 N–H and O–H groups in total. The molecule has 0 spiro atoms. The second-order valence-electron chi connectivity index (χ2n) is 8.87. The van der Waals surface area contributed by atoms with Crippen molar-refractivity contribution in [3.05, 3.63) is 42.1 Å². The van der Waals surface area contributed by atoms with Crippen LogP contribution >= 0.6 is 0 Å². The van der Waals surface area contributed by atoms with Crippen LogP contribution in [0.4, 0.5) is 5.82 Å². The molecule has 0 aromatic carbocycles. The van der Waals surface area contributed by atoms with Gasteiger partial charge in [-0.2, -0.15) is 13.4 Å². The number of pyridine rings is 2. The molecule has 1 saturated carbocycles. The standard InChI is InChI=1S/C22H28N4O4S/c1-15-11-13-26(22(15,2)3)20-17(6-5-12-23-20)21(27)25-31(28,29)19-8-4-7-18(24-19)30-14-16-9-10-16/h4-8,12,15-16H,9-11,13-14H2,1-3H3,(H,25,27). The maximum atomic E-state index is 13.0. The van der Waals surface area contributed by atoms with E-state index in [0.717, 1.165) is 25.8 Å². The summed E-state index contributed by atoms with van der Waals surface area (Å²) in [6.07, 6.45) is 4.82. The van der Waals surface area contributed by atoms with E-state index < -0.39 is 15.9 Å².